The van der Waals surface area contributed by atoms with Gasteiger partial charge in [-0.05, 0) is 24.2 Å². The Morgan fingerprint density at radius 1 is 1.17 bits per heavy atom. The van der Waals surface area contributed by atoms with Crippen LogP contribution in [0.2, 0.25) is 0 Å². The van der Waals surface area contributed by atoms with Crippen molar-refractivity contribution >= 4 is 17.2 Å². The zero-order valence-electron chi connectivity index (χ0n) is 12.9. The molecule has 0 spiro atoms. The molecule has 0 bridgehead atoms. The molecule has 0 aliphatic heterocycles. The third kappa shape index (κ3) is 2.68. The van der Waals surface area contributed by atoms with E-state index in [9.17, 15) is 27.5 Å². The standard InChI is InChI=1S/C17H9F4NO2/c18-15-5-9(17(19,20)21)1-3-11(15)13-7-22-16-6-10(24)2-4-12(16)14(13)8-23/h1-8,24H/i5D. The van der Waals surface area contributed by atoms with Crippen molar-refractivity contribution in [2.24, 2.45) is 0 Å². The maximum Gasteiger partial charge on any atom is 0.416 e. The number of pyridine rings is 1. The number of alkyl halides is 3. The molecule has 0 saturated carbocycles. The summed E-state index contributed by atoms with van der Waals surface area (Å²) in [4.78, 5) is 15.5. The largest absolute Gasteiger partial charge is 0.508 e. The summed E-state index contributed by atoms with van der Waals surface area (Å²) in [6.07, 6.45) is -3.31. The molecule has 0 amide bonds. The number of hydrogen-bond donors (Lipinski definition) is 1. The molecular weight excluding hydrogens is 326 g/mol. The molecule has 122 valence electrons. The molecule has 1 aromatic heterocycles. The van der Waals surface area contributed by atoms with Gasteiger partial charge in [-0.2, -0.15) is 13.2 Å². The molecule has 7 heteroatoms. The van der Waals surface area contributed by atoms with E-state index in [1.54, 1.807) is 0 Å². The molecule has 0 saturated heterocycles. The fraction of sp³-hybridized carbons (Fsp3) is 0.0588. The SMILES string of the molecule is [2H]c1c(C(F)(F)F)ccc(-c2cnc3cc(O)ccc3c2C=O)c1F. The van der Waals surface area contributed by atoms with Gasteiger partial charge in [0.05, 0.1) is 12.5 Å². The van der Waals surface area contributed by atoms with Crippen LogP contribution in [0, 0.1) is 5.82 Å². The summed E-state index contributed by atoms with van der Waals surface area (Å²) in [7, 11) is 0. The van der Waals surface area contributed by atoms with E-state index in [-0.39, 0.29) is 28.0 Å². The van der Waals surface area contributed by atoms with E-state index in [1.807, 2.05) is 0 Å². The van der Waals surface area contributed by atoms with Gasteiger partial charge in [0, 0.05) is 34.3 Å². The van der Waals surface area contributed by atoms with E-state index in [0.29, 0.717) is 17.7 Å². The number of hydrogen-bond acceptors (Lipinski definition) is 3. The number of rotatable bonds is 2. The quantitative estimate of drug-likeness (QED) is 0.550. The molecule has 0 radical (unpaired) electrons. The second-order valence-corrected chi connectivity index (χ2v) is 5.00. The van der Waals surface area contributed by atoms with Crippen molar-refractivity contribution in [1.82, 2.24) is 4.98 Å². The molecule has 1 heterocycles. The van der Waals surface area contributed by atoms with Crippen LogP contribution in [0.5, 0.6) is 5.75 Å². The Balaban J connectivity index is 2.29. The number of aromatic nitrogens is 1. The van der Waals surface area contributed by atoms with E-state index >= 15 is 0 Å². The molecule has 0 aliphatic rings. The lowest BCUT2D eigenvalue weighted by molar-refractivity contribution is -0.137. The van der Waals surface area contributed by atoms with Gasteiger partial charge in [-0.25, -0.2) is 4.39 Å². The summed E-state index contributed by atoms with van der Waals surface area (Å²) in [5, 5.41) is 9.75. The van der Waals surface area contributed by atoms with Crippen molar-refractivity contribution in [1.29, 1.82) is 0 Å². The van der Waals surface area contributed by atoms with Gasteiger partial charge < -0.3 is 5.11 Å². The normalized spacial score (nSPS) is 12.2. The van der Waals surface area contributed by atoms with Crippen LogP contribution in [0.15, 0.2) is 42.6 Å². The van der Waals surface area contributed by atoms with Gasteiger partial charge in [0.25, 0.3) is 0 Å². The summed E-state index contributed by atoms with van der Waals surface area (Å²) in [6, 6.07) is 4.16. The third-order valence-corrected chi connectivity index (χ3v) is 3.51. The summed E-state index contributed by atoms with van der Waals surface area (Å²) in [5.41, 5.74) is -1.50. The average molecular weight is 336 g/mol. The van der Waals surface area contributed by atoms with Crippen LogP contribution in [0.25, 0.3) is 22.0 Å². The molecule has 3 aromatic rings. The second-order valence-electron chi connectivity index (χ2n) is 5.00. The fourth-order valence-corrected chi connectivity index (χ4v) is 2.39. The molecule has 3 nitrogen and oxygen atoms in total. The third-order valence-electron chi connectivity index (χ3n) is 3.51. The van der Waals surface area contributed by atoms with Crippen LogP contribution < -0.4 is 0 Å². The Kier molecular flexibility index (Phi) is 3.41. The van der Waals surface area contributed by atoms with Crippen LogP contribution >= 0.6 is 0 Å². The van der Waals surface area contributed by atoms with Crippen molar-refractivity contribution in [2.45, 2.75) is 6.18 Å². The smallest absolute Gasteiger partial charge is 0.416 e. The minimum Gasteiger partial charge on any atom is -0.508 e. The van der Waals surface area contributed by atoms with Crippen LogP contribution in [0.4, 0.5) is 17.6 Å². The van der Waals surface area contributed by atoms with Crippen molar-refractivity contribution in [3.8, 4) is 16.9 Å². The van der Waals surface area contributed by atoms with Crippen LogP contribution in [-0.2, 0) is 6.18 Å². The first-order valence-electron chi connectivity index (χ1n) is 7.17. The summed E-state index contributed by atoms with van der Waals surface area (Å²) < 4.78 is 60.1. The molecule has 0 unspecified atom stereocenters. The van der Waals surface area contributed by atoms with Gasteiger partial charge in [-0.15, -0.1) is 0 Å². The number of benzene rings is 2. The Labute approximate surface area is 134 Å². The van der Waals surface area contributed by atoms with Crippen LogP contribution in [-0.4, -0.2) is 16.4 Å². The van der Waals surface area contributed by atoms with Crippen molar-refractivity contribution in [3.05, 3.63) is 59.5 Å². The highest BCUT2D eigenvalue weighted by atomic mass is 19.4. The van der Waals surface area contributed by atoms with E-state index in [1.165, 1.54) is 18.2 Å². The number of halogens is 4. The fourth-order valence-electron chi connectivity index (χ4n) is 2.39. The molecule has 24 heavy (non-hydrogen) atoms. The van der Waals surface area contributed by atoms with Gasteiger partial charge in [0.15, 0.2) is 6.29 Å². The lowest BCUT2D eigenvalue weighted by Crippen LogP contribution is -2.05. The van der Waals surface area contributed by atoms with Crippen molar-refractivity contribution in [2.75, 3.05) is 0 Å². The lowest BCUT2D eigenvalue weighted by atomic mass is 9.97. The van der Waals surface area contributed by atoms with Gasteiger partial charge in [0.1, 0.15) is 11.6 Å². The maximum atomic E-state index is 14.4. The Hall–Kier alpha value is -2.96. The van der Waals surface area contributed by atoms with Gasteiger partial charge in [-0.3, -0.25) is 9.78 Å². The number of phenols is 1. The van der Waals surface area contributed by atoms with E-state index in [4.69, 9.17) is 1.37 Å². The molecule has 0 aliphatic carbocycles. The Bertz CT molecular complexity index is 1000. The molecular formula is C17H9F4NO2. The molecule has 2 aromatic carbocycles. The lowest BCUT2D eigenvalue weighted by Gasteiger charge is -2.12. The van der Waals surface area contributed by atoms with Crippen molar-refractivity contribution < 1.29 is 28.8 Å². The predicted octanol–water partition coefficient (Wildman–Crippen LogP) is 4.58. The summed E-state index contributed by atoms with van der Waals surface area (Å²) in [6.45, 7) is 0. The minimum absolute atomic E-state index is 0.00283. The highest BCUT2D eigenvalue weighted by Crippen LogP contribution is 2.35. The number of aldehydes is 1. The first-order valence-corrected chi connectivity index (χ1v) is 6.67. The zero-order chi connectivity index (χ0) is 18.4. The maximum absolute atomic E-state index is 14.4. The highest BCUT2D eigenvalue weighted by Gasteiger charge is 2.31. The van der Waals surface area contributed by atoms with Crippen molar-refractivity contribution in [3.63, 3.8) is 0 Å². The summed E-state index contributed by atoms with van der Waals surface area (Å²) in [5.74, 6) is -1.48. The molecule has 3 rings (SSSR count). The van der Waals surface area contributed by atoms with Gasteiger partial charge in [-0.1, -0.05) is 6.07 Å². The topological polar surface area (TPSA) is 50.2 Å². The van der Waals surface area contributed by atoms with Crippen LogP contribution in [0.1, 0.15) is 17.3 Å². The van der Waals surface area contributed by atoms with Crippen LogP contribution in [0.3, 0.4) is 0 Å². The zero-order valence-corrected chi connectivity index (χ0v) is 11.9. The van der Waals surface area contributed by atoms with E-state index < -0.39 is 23.6 Å². The average Bonchev–Trinajstić information content (AvgIpc) is 2.55. The van der Waals surface area contributed by atoms with Gasteiger partial charge >= 0.3 is 6.18 Å². The Morgan fingerprint density at radius 3 is 2.58 bits per heavy atom. The minimum atomic E-state index is -4.86. The number of phenolic OH excluding ortho intramolecular Hbond substituents is 1. The second kappa shape index (κ2) is 5.59. The molecule has 0 fully saturated rings. The number of carbonyl (C=O) groups is 1. The number of nitrogens with zero attached hydrogens (tertiary/aromatic N) is 1. The van der Waals surface area contributed by atoms with Gasteiger partial charge in [0.2, 0.25) is 0 Å². The monoisotopic (exact) mass is 336 g/mol. The molecule has 1 N–H and O–H groups in total. The number of fused-ring (bicyclic) bond motifs is 1. The highest BCUT2D eigenvalue weighted by molar-refractivity contribution is 6.03. The number of aromatic hydroxyl groups is 1. The van der Waals surface area contributed by atoms with E-state index in [0.717, 1.165) is 12.3 Å². The predicted molar refractivity (Wildman–Crippen MR) is 79.2 cm³/mol. The number of carbonyl (C=O) groups excluding carboxylic acids is 1. The molecule has 0 atom stereocenters. The van der Waals surface area contributed by atoms with E-state index in [2.05, 4.69) is 4.98 Å². The summed E-state index contributed by atoms with van der Waals surface area (Å²) >= 11 is 0. The Morgan fingerprint density at radius 2 is 1.92 bits per heavy atom. The first kappa shape index (κ1) is 14.6. The first-order chi connectivity index (χ1) is 11.7.